The van der Waals surface area contributed by atoms with Gasteiger partial charge in [-0.25, -0.2) is 18.7 Å². The summed E-state index contributed by atoms with van der Waals surface area (Å²) in [4.78, 5) is 11.7. The highest BCUT2D eigenvalue weighted by Crippen LogP contribution is 2.27. The Morgan fingerprint density at radius 1 is 1.35 bits per heavy atom. The van der Waals surface area contributed by atoms with E-state index in [1.165, 1.54) is 22.9 Å². The van der Waals surface area contributed by atoms with Crippen LogP contribution in [0.3, 0.4) is 0 Å². The average Bonchev–Trinajstić information content (AvgIpc) is 3.13. The van der Waals surface area contributed by atoms with Gasteiger partial charge in [0.2, 0.25) is 5.88 Å². The maximum absolute atomic E-state index is 13.3. The Labute approximate surface area is 128 Å². The number of aryl methyl sites for hydroxylation is 1. The molecule has 2 aromatic heterocycles. The number of alkyl halides is 2. The minimum Gasteiger partial charge on any atom is -0.472 e. The van der Waals surface area contributed by atoms with Crippen LogP contribution in [0.15, 0.2) is 35.3 Å². The minimum absolute atomic E-state index is 0.143. The van der Waals surface area contributed by atoms with Crippen molar-refractivity contribution in [2.24, 2.45) is 7.05 Å². The molecule has 0 saturated carbocycles. The fourth-order valence-corrected chi connectivity index (χ4v) is 2.12. The number of H-pyrrole nitrogens is 1. The predicted octanol–water partition coefficient (Wildman–Crippen LogP) is 1.21. The predicted molar refractivity (Wildman–Crippen MR) is 74.5 cm³/mol. The fourth-order valence-electron chi connectivity index (χ4n) is 2.12. The van der Waals surface area contributed by atoms with Gasteiger partial charge in [-0.1, -0.05) is 12.1 Å². The third kappa shape index (κ3) is 2.96. The Bertz CT molecular complexity index is 869. The molecule has 10 heteroatoms. The van der Waals surface area contributed by atoms with Crippen molar-refractivity contribution in [2.45, 2.75) is 13.0 Å². The van der Waals surface area contributed by atoms with Crippen LogP contribution in [0.2, 0.25) is 0 Å². The molecule has 23 heavy (non-hydrogen) atoms. The molecular formula is C13H12F2N6O2. The van der Waals surface area contributed by atoms with Gasteiger partial charge in [-0.3, -0.25) is 4.68 Å². The zero-order valence-electron chi connectivity index (χ0n) is 12.0. The summed E-state index contributed by atoms with van der Waals surface area (Å²) in [5.74, 6) is 0.287. The van der Waals surface area contributed by atoms with Crippen LogP contribution in [0.4, 0.5) is 8.78 Å². The van der Waals surface area contributed by atoms with Crippen LogP contribution < -0.4 is 10.4 Å². The zero-order chi connectivity index (χ0) is 16.4. The summed E-state index contributed by atoms with van der Waals surface area (Å²) < 4.78 is 34.4. The molecule has 1 aromatic carbocycles. The number of nitrogens with zero attached hydrogens (tertiary/aromatic N) is 5. The molecule has 0 radical (unpaired) electrons. The van der Waals surface area contributed by atoms with Crippen LogP contribution >= 0.6 is 0 Å². The average molecular weight is 322 g/mol. The van der Waals surface area contributed by atoms with Crippen molar-refractivity contribution in [1.82, 2.24) is 30.0 Å². The van der Waals surface area contributed by atoms with Crippen LogP contribution in [0.5, 0.6) is 5.88 Å². The fraction of sp³-hybridized carbons (Fsp3) is 0.231. The van der Waals surface area contributed by atoms with Gasteiger partial charge in [-0.15, -0.1) is 5.10 Å². The van der Waals surface area contributed by atoms with E-state index >= 15 is 0 Å². The molecule has 0 bridgehead atoms. The van der Waals surface area contributed by atoms with Gasteiger partial charge in [0.15, 0.2) is 0 Å². The summed E-state index contributed by atoms with van der Waals surface area (Å²) >= 11 is 0. The van der Waals surface area contributed by atoms with Crippen LogP contribution in [-0.4, -0.2) is 30.0 Å². The number of hydrogen-bond donors (Lipinski definition) is 1. The normalized spacial score (nSPS) is 11.1. The first-order chi connectivity index (χ1) is 11.1. The molecule has 0 aliphatic heterocycles. The molecule has 0 aliphatic carbocycles. The number of halogens is 2. The van der Waals surface area contributed by atoms with E-state index in [4.69, 9.17) is 4.74 Å². The minimum atomic E-state index is -2.72. The first-order valence-corrected chi connectivity index (χ1v) is 6.59. The summed E-state index contributed by atoms with van der Waals surface area (Å²) in [7, 11) is 1.71. The zero-order valence-corrected chi connectivity index (χ0v) is 12.0. The molecule has 120 valence electrons. The van der Waals surface area contributed by atoms with Crippen molar-refractivity contribution in [3.8, 4) is 11.6 Å². The van der Waals surface area contributed by atoms with E-state index in [0.29, 0.717) is 0 Å². The van der Waals surface area contributed by atoms with Crippen molar-refractivity contribution in [3.05, 3.63) is 52.1 Å². The molecule has 0 spiro atoms. The van der Waals surface area contributed by atoms with Crippen LogP contribution in [0.25, 0.3) is 5.69 Å². The monoisotopic (exact) mass is 322 g/mol. The lowest BCUT2D eigenvalue weighted by Crippen LogP contribution is -2.19. The molecule has 2 heterocycles. The van der Waals surface area contributed by atoms with E-state index in [1.807, 2.05) is 0 Å². The van der Waals surface area contributed by atoms with Crippen molar-refractivity contribution >= 4 is 0 Å². The highest BCUT2D eigenvalue weighted by Gasteiger charge is 2.19. The Kier molecular flexibility index (Phi) is 3.87. The lowest BCUT2D eigenvalue weighted by atomic mass is 10.1. The first-order valence-electron chi connectivity index (χ1n) is 6.59. The SMILES string of the molecule is Cn1ccc(OCc2c(C(F)F)cccc2-n2nn[nH]c2=O)n1. The van der Waals surface area contributed by atoms with Gasteiger partial charge in [0, 0.05) is 30.4 Å². The Hall–Kier alpha value is -3.04. The van der Waals surface area contributed by atoms with E-state index in [9.17, 15) is 13.6 Å². The van der Waals surface area contributed by atoms with Crippen LogP contribution in [0, 0.1) is 0 Å². The largest absolute Gasteiger partial charge is 0.472 e. The molecular weight excluding hydrogens is 310 g/mol. The number of aromatic amines is 1. The van der Waals surface area contributed by atoms with E-state index < -0.39 is 12.1 Å². The molecule has 0 unspecified atom stereocenters. The van der Waals surface area contributed by atoms with Crippen molar-refractivity contribution in [1.29, 1.82) is 0 Å². The molecule has 0 amide bonds. The summed E-state index contributed by atoms with van der Waals surface area (Å²) in [5, 5.41) is 13.1. The maximum atomic E-state index is 13.3. The van der Waals surface area contributed by atoms with E-state index in [1.54, 1.807) is 19.3 Å². The van der Waals surface area contributed by atoms with Gasteiger partial charge in [0.25, 0.3) is 6.43 Å². The highest BCUT2D eigenvalue weighted by molar-refractivity contribution is 5.45. The lowest BCUT2D eigenvalue weighted by molar-refractivity contribution is 0.147. The van der Waals surface area contributed by atoms with Gasteiger partial charge < -0.3 is 4.74 Å². The number of aromatic nitrogens is 6. The summed E-state index contributed by atoms with van der Waals surface area (Å²) in [6, 6.07) is 5.79. The smallest absolute Gasteiger partial charge is 0.365 e. The van der Waals surface area contributed by atoms with Gasteiger partial charge >= 0.3 is 5.69 Å². The summed E-state index contributed by atoms with van der Waals surface area (Å²) in [6.45, 7) is -0.188. The topological polar surface area (TPSA) is 90.6 Å². The standard InChI is InChI=1S/C13H12F2N6O2/c1-20-6-5-11(17-20)23-7-9-8(12(14)15)3-2-4-10(9)21-13(22)16-18-19-21/h2-6,12H,7H2,1H3,(H,16,19,22). The molecule has 0 atom stereocenters. The third-order valence-corrected chi connectivity index (χ3v) is 3.18. The number of rotatable bonds is 5. The third-order valence-electron chi connectivity index (χ3n) is 3.18. The molecule has 8 nitrogen and oxygen atoms in total. The van der Waals surface area contributed by atoms with Crippen LogP contribution in [-0.2, 0) is 13.7 Å². The molecule has 0 fully saturated rings. The van der Waals surface area contributed by atoms with Gasteiger partial charge in [0.1, 0.15) is 6.61 Å². The lowest BCUT2D eigenvalue weighted by Gasteiger charge is -2.13. The molecule has 3 rings (SSSR count). The van der Waals surface area contributed by atoms with E-state index in [0.717, 1.165) is 4.68 Å². The number of nitrogens with one attached hydrogen (secondary N) is 1. The number of benzene rings is 1. The van der Waals surface area contributed by atoms with Crippen molar-refractivity contribution in [3.63, 3.8) is 0 Å². The molecule has 3 aromatic rings. The maximum Gasteiger partial charge on any atom is 0.365 e. The first kappa shape index (κ1) is 14.9. The second kappa shape index (κ2) is 5.99. The van der Waals surface area contributed by atoms with Gasteiger partial charge in [-0.05, 0) is 16.5 Å². The van der Waals surface area contributed by atoms with Crippen molar-refractivity contribution < 1.29 is 13.5 Å². The number of tetrazole rings is 1. The van der Waals surface area contributed by atoms with Gasteiger partial charge in [-0.2, -0.15) is 4.68 Å². The molecule has 0 saturated heterocycles. The van der Waals surface area contributed by atoms with Crippen LogP contribution in [0.1, 0.15) is 17.6 Å². The van der Waals surface area contributed by atoms with Gasteiger partial charge in [0.05, 0.1) is 5.69 Å². The summed E-state index contributed by atoms with van der Waals surface area (Å²) in [6.07, 6.45) is -1.06. The number of ether oxygens (including phenoxy) is 1. The molecule has 1 N–H and O–H groups in total. The summed E-state index contributed by atoms with van der Waals surface area (Å²) in [5.41, 5.74) is -0.550. The Morgan fingerprint density at radius 3 is 2.78 bits per heavy atom. The Morgan fingerprint density at radius 2 is 2.17 bits per heavy atom. The van der Waals surface area contributed by atoms with E-state index in [2.05, 4.69) is 20.6 Å². The molecule has 0 aliphatic rings. The second-order valence-electron chi connectivity index (χ2n) is 4.68. The van der Waals surface area contributed by atoms with E-state index in [-0.39, 0.29) is 29.3 Å². The van der Waals surface area contributed by atoms with Crippen molar-refractivity contribution in [2.75, 3.05) is 0 Å². The second-order valence-corrected chi connectivity index (χ2v) is 4.68. The highest BCUT2D eigenvalue weighted by atomic mass is 19.3. The number of hydrogen-bond acceptors (Lipinski definition) is 5. The Balaban J connectivity index is 2.01. The quantitative estimate of drug-likeness (QED) is 0.762.